The molecule has 2 heterocycles. The fourth-order valence-electron chi connectivity index (χ4n) is 3.35. The van der Waals surface area contributed by atoms with Crippen molar-refractivity contribution in [3.8, 4) is 0 Å². The van der Waals surface area contributed by atoms with Crippen molar-refractivity contribution in [1.82, 2.24) is 10.1 Å². The van der Waals surface area contributed by atoms with Crippen LogP contribution in [0.3, 0.4) is 0 Å². The zero-order chi connectivity index (χ0) is 18.8. The Kier molecular flexibility index (Phi) is 5.11. The highest BCUT2D eigenvalue weighted by molar-refractivity contribution is 7.99. The number of nitrogens with zero attached hydrogens (tertiary/aromatic N) is 2. The molecule has 4 rings (SSSR count). The summed E-state index contributed by atoms with van der Waals surface area (Å²) in [5, 5.41) is 4.70. The molecule has 1 unspecified atom stereocenters. The number of aromatic nitrogens is 1. The molecule has 7 heteroatoms. The summed E-state index contributed by atoms with van der Waals surface area (Å²) in [6.45, 7) is 1.08. The van der Waals surface area contributed by atoms with E-state index in [0.29, 0.717) is 42.1 Å². The lowest BCUT2D eigenvalue weighted by Crippen LogP contribution is -2.34. The zero-order valence-corrected chi connectivity index (χ0v) is 15.3. The summed E-state index contributed by atoms with van der Waals surface area (Å²) >= 11 is 1.56. The third kappa shape index (κ3) is 3.83. The van der Waals surface area contributed by atoms with Gasteiger partial charge in [0.15, 0.2) is 5.58 Å². The smallest absolute Gasteiger partial charge is 0.228 e. The summed E-state index contributed by atoms with van der Waals surface area (Å²) in [5.74, 6) is -0.203. The Bertz CT molecular complexity index is 976. The van der Waals surface area contributed by atoms with Crippen molar-refractivity contribution in [2.75, 3.05) is 18.8 Å². The van der Waals surface area contributed by atoms with Gasteiger partial charge < -0.3 is 9.42 Å². The van der Waals surface area contributed by atoms with Crippen molar-refractivity contribution in [2.45, 2.75) is 18.1 Å². The number of thioether (sulfide) groups is 1. The van der Waals surface area contributed by atoms with E-state index in [-0.39, 0.29) is 17.6 Å². The number of hydrogen-bond acceptors (Lipinski definition) is 4. The maximum atomic E-state index is 14.1. The average Bonchev–Trinajstić information content (AvgIpc) is 2.91. The molecule has 3 aromatic rings. The number of hydrogen-bond donors (Lipinski definition) is 0. The molecular formula is C20H18F2N2O2S. The average molecular weight is 388 g/mol. The van der Waals surface area contributed by atoms with Crippen LogP contribution in [-0.4, -0.2) is 34.8 Å². The lowest BCUT2D eigenvalue weighted by Gasteiger charge is -2.20. The molecule has 0 N–H and O–H groups in total. The van der Waals surface area contributed by atoms with Crippen LogP contribution in [0.1, 0.15) is 22.9 Å². The van der Waals surface area contributed by atoms with Crippen LogP contribution in [0.5, 0.6) is 0 Å². The molecule has 4 nitrogen and oxygen atoms in total. The van der Waals surface area contributed by atoms with Gasteiger partial charge in [-0.25, -0.2) is 8.78 Å². The number of carbonyl (C=O) groups is 1. The summed E-state index contributed by atoms with van der Waals surface area (Å²) < 4.78 is 32.8. The number of benzene rings is 2. The van der Waals surface area contributed by atoms with Crippen LogP contribution in [0.25, 0.3) is 11.0 Å². The van der Waals surface area contributed by atoms with Gasteiger partial charge in [-0.15, -0.1) is 0 Å². The van der Waals surface area contributed by atoms with E-state index >= 15 is 0 Å². The van der Waals surface area contributed by atoms with Crippen molar-refractivity contribution in [3.63, 3.8) is 0 Å². The first-order chi connectivity index (χ1) is 13.1. The first kappa shape index (κ1) is 18.0. The maximum absolute atomic E-state index is 14.1. The van der Waals surface area contributed by atoms with E-state index in [1.54, 1.807) is 16.7 Å². The Labute approximate surface area is 159 Å². The highest BCUT2D eigenvalue weighted by atomic mass is 32.2. The van der Waals surface area contributed by atoms with Gasteiger partial charge in [-0.2, -0.15) is 11.8 Å². The van der Waals surface area contributed by atoms with Crippen LogP contribution in [0.2, 0.25) is 0 Å². The second-order valence-electron chi connectivity index (χ2n) is 6.50. The molecule has 0 spiro atoms. The molecule has 0 saturated carbocycles. The van der Waals surface area contributed by atoms with E-state index in [4.69, 9.17) is 4.52 Å². The van der Waals surface area contributed by atoms with Crippen LogP contribution < -0.4 is 0 Å². The molecule has 1 amide bonds. The fraction of sp³-hybridized carbons (Fsp3) is 0.300. The predicted octanol–water partition coefficient (Wildman–Crippen LogP) is 4.36. The minimum atomic E-state index is -0.443. The van der Waals surface area contributed by atoms with Gasteiger partial charge in [0, 0.05) is 35.0 Å². The van der Waals surface area contributed by atoms with E-state index in [2.05, 4.69) is 5.16 Å². The van der Waals surface area contributed by atoms with E-state index in [1.807, 2.05) is 24.3 Å². The molecule has 0 radical (unpaired) electrons. The molecule has 1 aliphatic heterocycles. The first-order valence-electron chi connectivity index (χ1n) is 8.79. The molecule has 27 heavy (non-hydrogen) atoms. The van der Waals surface area contributed by atoms with Crippen LogP contribution >= 0.6 is 11.8 Å². The number of fused-ring (bicyclic) bond motifs is 1. The maximum Gasteiger partial charge on any atom is 0.228 e. The van der Waals surface area contributed by atoms with Gasteiger partial charge >= 0.3 is 0 Å². The van der Waals surface area contributed by atoms with E-state index in [0.717, 1.165) is 17.5 Å². The quantitative estimate of drug-likeness (QED) is 0.669. The highest BCUT2D eigenvalue weighted by Gasteiger charge is 2.25. The molecule has 1 aromatic heterocycles. The van der Waals surface area contributed by atoms with Gasteiger partial charge in [0.1, 0.15) is 17.3 Å². The molecule has 0 bridgehead atoms. The van der Waals surface area contributed by atoms with Crippen molar-refractivity contribution in [2.24, 2.45) is 0 Å². The fourth-order valence-corrected chi connectivity index (χ4v) is 4.59. The van der Waals surface area contributed by atoms with Crippen molar-refractivity contribution in [3.05, 3.63) is 65.4 Å². The van der Waals surface area contributed by atoms with Gasteiger partial charge in [0.25, 0.3) is 0 Å². The van der Waals surface area contributed by atoms with Gasteiger partial charge in [0.2, 0.25) is 5.91 Å². The van der Waals surface area contributed by atoms with Gasteiger partial charge in [0.05, 0.1) is 6.42 Å². The summed E-state index contributed by atoms with van der Waals surface area (Å²) in [5.41, 5.74) is 1.66. The molecule has 1 atom stereocenters. The monoisotopic (exact) mass is 388 g/mol. The normalized spacial score (nSPS) is 17.9. The van der Waals surface area contributed by atoms with Crippen molar-refractivity contribution < 1.29 is 18.1 Å². The number of rotatable bonds is 3. The molecule has 2 aromatic carbocycles. The predicted molar refractivity (Wildman–Crippen MR) is 100 cm³/mol. The number of para-hydroxylation sites is 1. The minimum absolute atomic E-state index is 0.0324. The zero-order valence-electron chi connectivity index (χ0n) is 14.5. The van der Waals surface area contributed by atoms with Gasteiger partial charge in [-0.3, -0.25) is 4.79 Å². The Hall–Kier alpha value is -2.41. The summed E-state index contributed by atoms with van der Waals surface area (Å²) in [6.07, 6.45) is 0.747. The topological polar surface area (TPSA) is 46.3 Å². The lowest BCUT2D eigenvalue weighted by atomic mass is 10.1. The lowest BCUT2D eigenvalue weighted by molar-refractivity contribution is -0.130. The Balaban J connectivity index is 1.44. The van der Waals surface area contributed by atoms with Crippen LogP contribution in [-0.2, 0) is 11.2 Å². The standard InChI is InChI=1S/C20H18F2N2O2S/c21-13-5-6-16(22)15(11-13)19-7-8-24(9-10-27-19)20(25)12-17-14-3-1-2-4-18(14)26-23-17/h1-6,11,19H,7-10,12H2. The SMILES string of the molecule is O=C(Cc1noc2ccccc12)N1CCSC(c2cc(F)ccc2F)CC1. The minimum Gasteiger partial charge on any atom is -0.356 e. The second-order valence-corrected chi connectivity index (χ2v) is 7.81. The van der Waals surface area contributed by atoms with E-state index in [1.165, 1.54) is 6.07 Å². The van der Waals surface area contributed by atoms with Crippen LogP contribution in [0.4, 0.5) is 8.78 Å². The highest BCUT2D eigenvalue weighted by Crippen LogP contribution is 2.36. The van der Waals surface area contributed by atoms with Crippen molar-refractivity contribution in [1.29, 1.82) is 0 Å². The third-order valence-electron chi connectivity index (χ3n) is 4.77. The molecular weight excluding hydrogens is 370 g/mol. The molecule has 1 fully saturated rings. The summed E-state index contributed by atoms with van der Waals surface area (Å²) in [4.78, 5) is 14.5. The third-order valence-corrected chi connectivity index (χ3v) is 6.08. The number of carbonyl (C=O) groups excluding carboxylic acids is 1. The van der Waals surface area contributed by atoms with E-state index < -0.39 is 11.6 Å². The summed E-state index contributed by atoms with van der Waals surface area (Å²) in [7, 11) is 0. The van der Waals surface area contributed by atoms with Crippen molar-refractivity contribution >= 4 is 28.6 Å². The number of halogens is 2. The molecule has 1 aliphatic rings. The Morgan fingerprint density at radius 3 is 2.96 bits per heavy atom. The molecule has 0 aliphatic carbocycles. The Morgan fingerprint density at radius 1 is 1.22 bits per heavy atom. The second kappa shape index (κ2) is 7.68. The van der Waals surface area contributed by atoms with Crippen LogP contribution in [0.15, 0.2) is 47.0 Å². The van der Waals surface area contributed by atoms with Gasteiger partial charge in [-0.05, 0) is 36.8 Å². The molecule has 1 saturated heterocycles. The largest absolute Gasteiger partial charge is 0.356 e. The first-order valence-corrected chi connectivity index (χ1v) is 9.84. The van der Waals surface area contributed by atoms with Crippen LogP contribution in [0, 0.1) is 11.6 Å². The van der Waals surface area contributed by atoms with E-state index in [9.17, 15) is 13.6 Å². The number of amides is 1. The summed E-state index contributed by atoms with van der Waals surface area (Å²) in [6, 6.07) is 11.0. The van der Waals surface area contributed by atoms with Gasteiger partial charge in [-0.1, -0.05) is 17.3 Å². The molecule has 140 valence electrons. The Morgan fingerprint density at radius 2 is 2.07 bits per heavy atom.